The number of hydrogen-bond donors (Lipinski definition) is 1. The lowest BCUT2D eigenvalue weighted by Crippen LogP contribution is -2.27. The summed E-state index contributed by atoms with van der Waals surface area (Å²) >= 11 is 1.18. The fourth-order valence-electron chi connectivity index (χ4n) is 2.33. The van der Waals surface area contributed by atoms with Crippen LogP contribution in [-0.4, -0.2) is 28.4 Å². The largest absolute Gasteiger partial charge is 0.392 e. The molecule has 0 radical (unpaired) electrons. The summed E-state index contributed by atoms with van der Waals surface area (Å²) in [7, 11) is 0. The SMILES string of the molecule is CC(=O)SCC1CC(=O)N(c2c(F)cccc2CO)C1. The van der Waals surface area contributed by atoms with Gasteiger partial charge in [0.2, 0.25) is 5.91 Å². The number of carbonyl (C=O) groups excluding carboxylic acids is 2. The van der Waals surface area contributed by atoms with E-state index in [1.54, 1.807) is 6.07 Å². The molecule has 1 aliphatic rings. The molecule has 0 bridgehead atoms. The van der Waals surface area contributed by atoms with E-state index < -0.39 is 5.82 Å². The van der Waals surface area contributed by atoms with Crippen molar-refractivity contribution < 1.29 is 19.1 Å². The van der Waals surface area contributed by atoms with E-state index in [1.165, 1.54) is 35.7 Å². The molecular formula is C14H16FNO3S. The van der Waals surface area contributed by atoms with Crippen molar-refractivity contribution in [2.75, 3.05) is 17.2 Å². The Kier molecular flexibility index (Phi) is 4.77. The maximum atomic E-state index is 13.9. The van der Waals surface area contributed by atoms with E-state index in [1.807, 2.05) is 0 Å². The molecule has 108 valence electrons. The van der Waals surface area contributed by atoms with E-state index in [-0.39, 0.29) is 29.2 Å². The zero-order valence-electron chi connectivity index (χ0n) is 11.1. The van der Waals surface area contributed by atoms with Crippen LogP contribution in [0, 0.1) is 11.7 Å². The van der Waals surface area contributed by atoms with E-state index in [9.17, 15) is 19.1 Å². The molecule has 1 fully saturated rings. The van der Waals surface area contributed by atoms with Gasteiger partial charge in [0.25, 0.3) is 0 Å². The van der Waals surface area contributed by atoms with Crippen molar-refractivity contribution in [2.45, 2.75) is 20.0 Å². The standard InChI is InChI=1S/C14H16FNO3S/c1-9(18)20-8-10-5-13(19)16(6-10)14-11(7-17)3-2-4-12(14)15/h2-4,10,17H,5-8H2,1H3. The Bertz CT molecular complexity index is 535. The first-order valence-corrected chi connectivity index (χ1v) is 7.33. The maximum Gasteiger partial charge on any atom is 0.227 e. The third-order valence-electron chi connectivity index (χ3n) is 3.24. The molecule has 0 aromatic heterocycles. The summed E-state index contributed by atoms with van der Waals surface area (Å²) in [6.45, 7) is 1.55. The van der Waals surface area contributed by atoms with E-state index in [4.69, 9.17) is 0 Å². The van der Waals surface area contributed by atoms with Crippen LogP contribution in [0.15, 0.2) is 18.2 Å². The molecule has 1 heterocycles. The van der Waals surface area contributed by atoms with E-state index in [0.717, 1.165) is 0 Å². The number of halogens is 1. The van der Waals surface area contributed by atoms with Crippen LogP contribution in [0.4, 0.5) is 10.1 Å². The number of nitrogens with zero attached hydrogens (tertiary/aromatic N) is 1. The molecule has 1 atom stereocenters. The van der Waals surface area contributed by atoms with Gasteiger partial charge in [-0.3, -0.25) is 9.59 Å². The fourth-order valence-corrected chi connectivity index (χ4v) is 3.03. The molecule has 1 aromatic carbocycles. The predicted octanol–water partition coefficient (Wildman–Crippen LogP) is 1.95. The Morgan fingerprint density at radius 3 is 2.95 bits per heavy atom. The van der Waals surface area contributed by atoms with Gasteiger partial charge < -0.3 is 10.0 Å². The van der Waals surface area contributed by atoms with Gasteiger partial charge in [0.05, 0.1) is 12.3 Å². The summed E-state index contributed by atoms with van der Waals surface area (Å²) in [5.41, 5.74) is 0.563. The molecule has 1 saturated heterocycles. The molecule has 0 saturated carbocycles. The minimum atomic E-state index is -0.509. The van der Waals surface area contributed by atoms with Gasteiger partial charge in [0.15, 0.2) is 5.12 Å². The summed E-state index contributed by atoms with van der Waals surface area (Å²) in [6.07, 6.45) is 0.305. The van der Waals surface area contributed by atoms with Gasteiger partial charge >= 0.3 is 0 Å². The summed E-state index contributed by atoms with van der Waals surface area (Å²) in [4.78, 5) is 24.4. The van der Waals surface area contributed by atoms with Gasteiger partial charge in [-0.05, 0) is 12.0 Å². The number of benzene rings is 1. The lowest BCUT2D eigenvalue weighted by molar-refractivity contribution is -0.117. The van der Waals surface area contributed by atoms with Crippen molar-refractivity contribution in [1.82, 2.24) is 0 Å². The number of hydrogen-bond acceptors (Lipinski definition) is 4. The lowest BCUT2D eigenvalue weighted by atomic mass is 10.1. The molecule has 1 aliphatic heterocycles. The van der Waals surface area contributed by atoms with Gasteiger partial charge in [0.1, 0.15) is 5.82 Å². The zero-order chi connectivity index (χ0) is 14.7. The average Bonchev–Trinajstić information content (AvgIpc) is 2.77. The first-order chi connectivity index (χ1) is 9.52. The van der Waals surface area contributed by atoms with E-state index in [0.29, 0.717) is 24.3 Å². The van der Waals surface area contributed by atoms with Crippen LogP contribution in [0.5, 0.6) is 0 Å². The quantitative estimate of drug-likeness (QED) is 0.923. The molecule has 6 heteroatoms. The fraction of sp³-hybridized carbons (Fsp3) is 0.429. The van der Waals surface area contributed by atoms with Crippen molar-refractivity contribution in [3.8, 4) is 0 Å². The van der Waals surface area contributed by atoms with E-state index >= 15 is 0 Å². The number of thioether (sulfide) groups is 1. The van der Waals surface area contributed by atoms with Crippen molar-refractivity contribution >= 4 is 28.5 Å². The molecule has 2 rings (SSSR count). The number of anilines is 1. The molecule has 1 amide bonds. The van der Waals surface area contributed by atoms with Gasteiger partial charge in [-0.1, -0.05) is 23.9 Å². The number of amides is 1. The molecule has 1 N–H and O–H groups in total. The summed E-state index contributed by atoms with van der Waals surface area (Å²) in [5.74, 6) is -0.0909. The molecule has 1 aromatic rings. The number of aliphatic hydroxyl groups is 1. The molecule has 0 spiro atoms. The maximum absolute atomic E-state index is 13.9. The van der Waals surface area contributed by atoms with Gasteiger partial charge in [-0.15, -0.1) is 0 Å². The summed E-state index contributed by atoms with van der Waals surface area (Å²) in [6, 6.07) is 4.39. The normalized spacial score (nSPS) is 18.6. The third-order valence-corrected chi connectivity index (χ3v) is 4.28. The Morgan fingerprint density at radius 2 is 2.30 bits per heavy atom. The Balaban J connectivity index is 2.18. The van der Waals surface area contributed by atoms with Gasteiger partial charge in [-0.2, -0.15) is 0 Å². The smallest absolute Gasteiger partial charge is 0.227 e. The summed E-state index contributed by atoms with van der Waals surface area (Å²) < 4.78 is 13.9. The number of rotatable bonds is 4. The first-order valence-electron chi connectivity index (χ1n) is 6.35. The zero-order valence-corrected chi connectivity index (χ0v) is 12.0. The molecule has 0 aliphatic carbocycles. The van der Waals surface area contributed by atoms with Gasteiger partial charge in [0, 0.05) is 31.2 Å². The Morgan fingerprint density at radius 1 is 1.55 bits per heavy atom. The third kappa shape index (κ3) is 3.19. The van der Waals surface area contributed by atoms with Crippen LogP contribution in [0.2, 0.25) is 0 Å². The molecule has 1 unspecified atom stereocenters. The second-order valence-electron chi connectivity index (χ2n) is 4.78. The highest BCUT2D eigenvalue weighted by Crippen LogP contribution is 2.32. The van der Waals surface area contributed by atoms with Crippen molar-refractivity contribution in [1.29, 1.82) is 0 Å². The number of para-hydroxylation sites is 1. The van der Waals surface area contributed by atoms with Crippen LogP contribution in [0.1, 0.15) is 18.9 Å². The van der Waals surface area contributed by atoms with Crippen LogP contribution in [0.25, 0.3) is 0 Å². The summed E-state index contributed by atoms with van der Waals surface area (Å²) in [5, 5.41) is 9.29. The Labute approximate surface area is 121 Å². The molecule has 20 heavy (non-hydrogen) atoms. The highest BCUT2D eigenvalue weighted by molar-refractivity contribution is 8.13. The van der Waals surface area contributed by atoms with Crippen molar-refractivity contribution in [3.63, 3.8) is 0 Å². The Hall–Kier alpha value is -1.40. The van der Waals surface area contributed by atoms with Crippen LogP contribution >= 0.6 is 11.8 Å². The second kappa shape index (κ2) is 6.37. The average molecular weight is 297 g/mol. The topological polar surface area (TPSA) is 57.6 Å². The minimum absolute atomic E-state index is 0.0119. The second-order valence-corrected chi connectivity index (χ2v) is 5.98. The monoisotopic (exact) mass is 297 g/mol. The highest BCUT2D eigenvalue weighted by Gasteiger charge is 2.33. The van der Waals surface area contributed by atoms with Crippen LogP contribution in [-0.2, 0) is 16.2 Å². The van der Waals surface area contributed by atoms with E-state index in [2.05, 4.69) is 0 Å². The number of aliphatic hydroxyl groups excluding tert-OH is 1. The highest BCUT2D eigenvalue weighted by atomic mass is 32.2. The molecule has 4 nitrogen and oxygen atoms in total. The van der Waals surface area contributed by atoms with Gasteiger partial charge in [-0.25, -0.2) is 4.39 Å². The minimum Gasteiger partial charge on any atom is -0.392 e. The van der Waals surface area contributed by atoms with Crippen LogP contribution in [0.3, 0.4) is 0 Å². The van der Waals surface area contributed by atoms with Crippen molar-refractivity contribution in [3.05, 3.63) is 29.6 Å². The van der Waals surface area contributed by atoms with Crippen LogP contribution < -0.4 is 4.90 Å². The first kappa shape index (κ1) is 15.0. The lowest BCUT2D eigenvalue weighted by Gasteiger charge is -2.20. The molecular weight excluding hydrogens is 281 g/mol. The van der Waals surface area contributed by atoms with Crippen molar-refractivity contribution in [2.24, 2.45) is 5.92 Å². The number of carbonyl (C=O) groups is 2. The predicted molar refractivity (Wildman–Crippen MR) is 75.9 cm³/mol.